The van der Waals surface area contributed by atoms with Crippen molar-refractivity contribution in [3.05, 3.63) is 70.8 Å². The number of hydrogen-bond donors (Lipinski definition) is 0. The van der Waals surface area contributed by atoms with E-state index < -0.39 is 24.1 Å². The van der Waals surface area contributed by atoms with Gasteiger partial charge in [-0.15, -0.1) is 0 Å². The average molecular weight is 479 g/mol. The van der Waals surface area contributed by atoms with E-state index in [1.807, 2.05) is 31.2 Å². The summed E-state index contributed by atoms with van der Waals surface area (Å²) < 4.78 is 60.9. The lowest BCUT2D eigenvalue weighted by Gasteiger charge is -2.42. The predicted octanol–water partition coefficient (Wildman–Crippen LogP) is 5.02. The fraction of sp³-hybridized carbons (Fsp3) is 0.400. The Morgan fingerprint density at radius 1 is 0.824 bits per heavy atom. The molecule has 2 aromatic rings. The Hall–Kier alpha value is -2.72. The second-order valence-electron chi connectivity index (χ2n) is 7.77. The number of halogens is 3. The van der Waals surface area contributed by atoms with Gasteiger partial charge < -0.3 is 23.8 Å². The smallest absolute Gasteiger partial charge is 0.376 e. The second-order valence-corrected chi connectivity index (χ2v) is 7.77. The number of benzene rings is 2. The Kier molecular flexibility index (Phi) is 8.84. The maximum Gasteiger partial charge on any atom is 0.416 e. The molecule has 0 N–H and O–H groups in total. The van der Waals surface area contributed by atoms with Crippen LogP contribution in [0.25, 0.3) is 12.2 Å². The highest BCUT2D eigenvalue weighted by Crippen LogP contribution is 2.30. The molecule has 3 rings (SSSR count). The van der Waals surface area contributed by atoms with Gasteiger partial charge in [0.25, 0.3) is 6.29 Å². The molecule has 0 amide bonds. The van der Waals surface area contributed by atoms with E-state index in [9.17, 15) is 13.2 Å². The van der Waals surface area contributed by atoms with Crippen molar-refractivity contribution < 1.29 is 37.0 Å². The van der Waals surface area contributed by atoms with Crippen molar-refractivity contribution in [2.24, 2.45) is 5.16 Å². The van der Waals surface area contributed by atoms with Crippen LogP contribution in [0.4, 0.5) is 13.2 Å². The summed E-state index contributed by atoms with van der Waals surface area (Å²) in [5.41, 5.74) is 1.39. The molecule has 184 valence electrons. The van der Waals surface area contributed by atoms with Gasteiger partial charge in [-0.25, -0.2) is 0 Å². The lowest BCUT2D eigenvalue weighted by Crippen LogP contribution is -2.59. The Balaban J connectivity index is 1.61. The van der Waals surface area contributed by atoms with Crippen molar-refractivity contribution in [2.45, 2.75) is 43.8 Å². The van der Waals surface area contributed by atoms with Crippen molar-refractivity contribution in [1.82, 2.24) is 0 Å². The zero-order valence-corrected chi connectivity index (χ0v) is 19.4. The largest absolute Gasteiger partial charge is 0.416 e. The molecule has 9 heteroatoms. The van der Waals surface area contributed by atoms with E-state index in [2.05, 4.69) is 5.16 Å². The molecular weight excluding hydrogens is 451 g/mol. The van der Waals surface area contributed by atoms with Crippen molar-refractivity contribution in [1.29, 1.82) is 0 Å². The summed E-state index contributed by atoms with van der Waals surface area (Å²) in [6.07, 6.45) is -1.76. The molecular formula is C25H28F3NO5. The van der Waals surface area contributed by atoms with E-state index >= 15 is 0 Å². The number of alkyl halides is 3. The Labute approximate surface area is 196 Å². The van der Waals surface area contributed by atoms with Gasteiger partial charge in [0.05, 0.1) is 17.9 Å². The van der Waals surface area contributed by atoms with Crippen LogP contribution in [0, 0.1) is 0 Å². The zero-order valence-electron chi connectivity index (χ0n) is 19.4. The van der Waals surface area contributed by atoms with Crippen molar-refractivity contribution in [3.8, 4) is 0 Å². The average Bonchev–Trinajstić information content (AvgIpc) is 2.82. The Morgan fingerprint density at radius 3 is 2.06 bits per heavy atom. The van der Waals surface area contributed by atoms with Gasteiger partial charge in [0.2, 0.25) is 0 Å². The molecule has 34 heavy (non-hydrogen) atoms. The molecule has 0 saturated carbocycles. The highest BCUT2D eigenvalue weighted by molar-refractivity contribution is 5.80. The second kappa shape index (κ2) is 11.6. The molecule has 0 aromatic heterocycles. The summed E-state index contributed by atoms with van der Waals surface area (Å²) in [5, 5.41) is 4.02. The minimum Gasteiger partial charge on any atom is -0.376 e. The van der Waals surface area contributed by atoms with Crippen LogP contribution < -0.4 is 0 Å². The number of hydrogen-bond acceptors (Lipinski definition) is 6. The highest BCUT2D eigenvalue weighted by atomic mass is 19.4. The van der Waals surface area contributed by atoms with Gasteiger partial charge in [-0.2, -0.15) is 13.2 Å². The van der Waals surface area contributed by atoms with Gasteiger partial charge in [0, 0.05) is 21.3 Å². The first kappa shape index (κ1) is 25.9. The molecule has 0 unspecified atom stereocenters. The van der Waals surface area contributed by atoms with Crippen LogP contribution in [0.15, 0.2) is 53.7 Å². The van der Waals surface area contributed by atoms with Gasteiger partial charge in [-0.05, 0) is 35.7 Å². The van der Waals surface area contributed by atoms with Crippen LogP contribution in [-0.2, 0) is 30.0 Å². The van der Waals surface area contributed by atoms with Gasteiger partial charge in [0.1, 0.15) is 12.2 Å². The first-order chi connectivity index (χ1) is 16.3. The van der Waals surface area contributed by atoms with Crippen molar-refractivity contribution in [2.75, 3.05) is 21.3 Å². The standard InChI is InChI=1S/C25H28F3NO5/c1-16-21(30-2)22(31-3)23(32-4)24(33-16)34-29-15-19-12-9-17(10-13-19)8-11-18-6-5-7-20(14-18)25(26,27)28/h5-16,21-24H,1-4H3/b11-8+,29-15+/t16-,21-,22+,23+,24-/m0/s1. The van der Waals surface area contributed by atoms with E-state index in [0.717, 1.165) is 23.3 Å². The molecule has 1 heterocycles. The lowest BCUT2D eigenvalue weighted by atomic mass is 9.99. The number of methoxy groups -OCH3 is 3. The fourth-order valence-corrected chi connectivity index (χ4v) is 3.76. The minimum absolute atomic E-state index is 0.288. The molecule has 0 spiro atoms. The van der Waals surface area contributed by atoms with Crippen LogP contribution in [-0.4, -0.2) is 58.2 Å². The topological polar surface area (TPSA) is 58.5 Å². The minimum atomic E-state index is -4.37. The van der Waals surface area contributed by atoms with Gasteiger partial charge >= 0.3 is 6.18 Å². The van der Waals surface area contributed by atoms with E-state index in [4.69, 9.17) is 23.8 Å². The van der Waals surface area contributed by atoms with E-state index in [1.54, 1.807) is 32.4 Å². The summed E-state index contributed by atoms with van der Waals surface area (Å²) >= 11 is 0. The molecule has 0 radical (unpaired) electrons. The SMILES string of the molecule is CO[C@@H]1[C@@H](OC)[C@H](C)O[C@@H](O/N=C/c2ccc(/C=C/c3cccc(C(F)(F)F)c3)cc2)[C@@H]1OC. The zero-order chi connectivity index (χ0) is 24.7. The first-order valence-corrected chi connectivity index (χ1v) is 10.6. The van der Waals surface area contributed by atoms with Crippen LogP contribution in [0.1, 0.15) is 29.2 Å². The summed E-state index contributed by atoms with van der Waals surface area (Å²) in [5.74, 6) is 0. The predicted molar refractivity (Wildman–Crippen MR) is 122 cm³/mol. The van der Waals surface area contributed by atoms with Crippen LogP contribution in [0.3, 0.4) is 0 Å². The van der Waals surface area contributed by atoms with E-state index in [-0.39, 0.29) is 18.3 Å². The van der Waals surface area contributed by atoms with Crippen molar-refractivity contribution >= 4 is 18.4 Å². The van der Waals surface area contributed by atoms with E-state index in [0.29, 0.717) is 5.56 Å². The fourth-order valence-electron chi connectivity index (χ4n) is 3.76. The maximum atomic E-state index is 12.9. The number of ether oxygens (including phenoxy) is 4. The molecule has 1 fully saturated rings. The summed E-state index contributed by atoms with van der Waals surface area (Å²) in [4.78, 5) is 5.54. The van der Waals surface area contributed by atoms with Crippen LogP contribution in [0.2, 0.25) is 0 Å². The van der Waals surface area contributed by atoms with Crippen LogP contribution >= 0.6 is 0 Å². The highest BCUT2D eigenvalue weighted by Gasteiger charge is 2.46. The molecule has 2 aromatic carbocycles. The third-order valence-electron chi connectivity index (χ3n) is 5.53. The van der Waals surface area contributed by atoms with Gasteiger partial charge in [0.15, 0.2) is 6.10 Å². The normalized spacial score (nSPS) is 25.8. The quantitative estimate of drug-likeness (QED) is 0.303. The molecule has 6 nitrogen and oxygen atoms in total. The Morgan fingerprint density at radius 2 is 1.44 bits per heavy atom. The summed E-state index contributed by atoms with van der Waals surface area (Å²) in [7, 11) is 4.69. The number of nitrogens with zero attached hydrogens (tertiary/aromatic N) is 1. The Bertz CT molecular complexity index is 977. The number of rotatable bonds is 8. The monoisotopic (exact) mass is 479 g/mol. The molecule has 5 atom stereocenters. The third kappa shape index (κ3) is 6.44. The number of oxime groups is 1. The molecule has 1 aliphatic heterocycles. The van der Waals surface area contributed by atoms with Crippen LogP contribution in [0.5, 0.6) is 0 Å². The third-order valence-corrected chi connectivity index (χ3v) is 5.53. The summed E-state index contributed by atoms with van der Waals surface area (Å²) in [6, 6.07) is 12.4. The maximum absolute atomic E-state index is 12.9. The molecule has 0 aliphatic carbocycles. The van der Waals surface area contributed by atoms with Gasteiger partial charge in [-0.1, -0.05) is 53.7 Å². The van der Waals surface area contributed by atoms with E-state index in [1.165, 1.54) is 19.4 Å². The first-order valence-electron chi connectivity index (χ1n) is 10.6. The lowest BCUT2D eigenvalue weighted by molar-refractivity contribution is -0.305. The van der Waals surface area contributed by atoms with Crippen molar-refractivity contribution in [3.63, 3.8) is 0 Å². The molecule has 0 bridgehead atoms. The van der Waals surface area contributed by atoms with Gasteiger partial charge in [-0.3, -0.25) is 0 Å². The molecule has 1 saturated heterocycles. The summed E-state index contributed by atoms with van der Waals surface area (Å²) in [6.45, 7) is 1.86. The molecule has 1 aliphatic rings.